The number of hydrogen-bond acceptors (Lipinski definition) is 2. The van der Waals surface area contributed by atoms with E-state index in [2.05, 4.69) is 40.6 Å². The quantitative estimate of drug-likeness (QED) is 0.605. The average molecular weight is 358 g/mol. The number of aromatic nitrogens is 2. The highest BCUT2D eigenvalue weighted by molar-refractivity contribution is 5.88. The van der Waals surface area contributed by atoms with Gasteiger partial charge in [-0.15, -0.1) is 18.1 Å². The van der Waals surface area contributed by atoms with E-state index in [1.165, 1.54) is 23.1 Å². The summed E-state index contributed by atoms with van der Waals surface area (Å²) >= 11 is 0. The van der Waals surface area contributed by atoms with Crippen LogP contribution in [-0.2, 0) is 6.54 Å². The predicted molar refractivity (Wildman–Crippen MR) is 105 cm³/mol. The van der Waals surface area contributed by atoms with Gasteiger partial charge in [-0.2, -0.15) is 0 Å². The first-order valence-electron chi connectivity index (χ1n) is 7.80. The molecular weight excluding hydrogens is 337 g/mol. The molecule has 0 aliphatic carbocycles. The van der Waals surface area contributed by atoms with Gasteiger partial charge in [0.25, 0.3) is 0 Å². The van der Waals surface area contributed by atoms with Crippen molar-refractivity contribution in [3.8, 4) is 0 Å². The summed E-state index contributed by atoms with van der Waals surface area (Å²) in [7, 11) is 1.98. The van der Waals surface area contributed by atoms with Crippen molar-refractivity contribution >= 4 is 35.2 Å². The van der Waals surface area contributed by atoms with Crippen LogP contribution in [-0.4, -0.2) is 16.6 Å². The number of pyridine rings is 1. The smallest absolute Gasteiger partial charge is 0.123 e. The average Bonchev–Trinajstić information content (AvgIpc) is 2.82. The van der Waals surface area contributed by atoms with Crippen molar-refractivity contribution < 1.29 is 4.39 Å². The van der Waals surface area contributed by atoms with Gasteiger partial charge in [0.15, 0.2) is 0 Å². The number of halogens is 2. The first kappa shape index (κ1) is 18.8. The first-order valence-corrected chi connectivity index (χ1v) is 7.80. The van der Waals surface area contributed by atoms with E-state index in [0.717, 1.165) is 22.6 Å². The van der Waals surface area contributed by atoms with Gasteiger partial charge >= 0.3 is 0 Å². The Morgan fingerprint density at radius 3 is 2.56 bits per heavy atom. The zero-order valence-corrected chi connectivity index (χ0v) is 15.4. The molecule has 1 aromatic carbocycles. The molecule has 0 aliphatic heterocycles. The third kappa shape index (κ3) is 3.46. The molecule has 25 heavy (non-hydrogen) atoms. The van der Waals surface area contributed by atoms with Crippen LogP contribution >= 0.6 is 12.4 Å². The summed E-state index contributed by atoms with van der Waals surface area (Å²) in [6.45, 7) is 8.50. The Morgan fingerprint density at radius 1 is 1.24 bits per heavy atom. The molecule has 2 aromatic heterocycles. The van der Waals surface area contributed by atoms with Crippen LogP contribution in [0.25, 0.3) is 17.1 Å². The van der Waals surface area contributed by atoms with Gasteiger partial charge in [-0.3, -0.25) is 4.98 Å². The van der Waals surface area contributed by atoms with Gasteiger partial charge in [0.1, 0.15) is 5.82 Å². The minimum absolute atomic E-state index is 0. The van der Waals surface area contributed by atoms with E-state index in [1.54, 1.807) is 12.1 Å². The Morgan fingerprint density at radius 2 is 1.92 bits per heavy atom. The second-order valence-electron chi connectivity index (χ2n) is 5.90. The van der Waals surface area contributed by atoms with Crippen LogP contribution in [0.15, 0.2) is 48.8 Å². The van der Waals surface area contributed by atoms with Gasteiger partial charge in [-0.1, -0.05) is 6.58 Å². The predicted octanol–water partition coefficient (Wildman–Crippen LogP) is 5.11. The molecule has 3 nitrogen and oxygen atoms in total. The molecule has 0 amide bonds. The Bertz CT molecular complexity index is 938. The van der Waals surface area contributed by atoms with E-state index >= 15 is 0 Å². The molecule has 0 saturated carbocycles. The molecule has 0 saturated heterocycles. The van der Waals surface area contributed by atoms with Crippen molar-refractivity contribution in [3.63, 3.8) is 0 Å². The summed E-state index contributed by atoms with van der Waals surface area (Å²) in [6, 6.07) is 8.52. The maximum absolute atomic E-state index is 13.1. The topological polar surface area (TPSA) is 21.1 Å². The van der Waals surface area contributed by atoms with Crippen molar-refractivity contribution in [2.75, 3.05) is 11.9 Å². The molecule has 0 N–H and O–H groups in total. The Balaban J connectivity index is 0.00000225. The molecule has 0 unspecified atom stereocenters. The van der Waals surface area contributed by atoms with Gasteiger partial charge in [0, 0.05) is 30.0 Å². The first-order chi connectivity index (χ1) is 11.5. The van der Waals surface area contributed by atoms with Gasteiger partial charge in [0.2, 0.25) is 0 Å². The molecule has 2 heterocycles. The maximum Gasteiger partial charge on any atom is 0.123 e. The second kappa shape index (κ2) is 7.56. The molecule has 0 atom stereocenters. The van der Waals surface area contributed by atoms with Crippen LogP contribution in [0.5, 0.6) is 0 Å². The Labute approximate surface area is 153 Å². The van der Waals surface area contributed by atoms with Gasteiger partial charge in [0.05, 0.1) is 24.0 Å². The third-order valence-electron chi connectivity index (χ3n) is 4.42. The largest absolute Gasteiger partial charge is 0.369 e. The fraction of sp³-hybridized carbons (Fsp3) is 0.200. The lowest BCUT2D eigenvalue weighted by Crippen LogP contribution is -2.17. The van der Waals surface area contributed by atoms with Crippen LogP contribution in [0.2, 0.25) is 0 Å². The minimum atomic E-state index is -0.233. The molecule has 0 aliphatic rings. The van der Waals surface area contributed by atoms with Crippen molar-refractivity contribution in [1.82, 2.24) is 9.55 Å². The van der Waals surface area contributed by atoms with Crippen LogP contribution < -0.4 is 4.90 Å². The fourth-order valence-electron chi connectivity index (χ4n) is 2.99. The van der Waals surface area contributed by atoms with E-state index in [1.807, 2.05) is 25.5 Å². The van der Waals surface area contributed by atoms with Crippen molar-refractivity contribution in [2.45, 2.75) is 20.4 Å². The Hall–Kier alpha value is -2.55. The molecule has 3 rings (SSSR count). The molecule has 130 valence electrons. The molecule has 0 fully saturated rings. The zero-order chi connectivity index (χ0) is 17.3. The summed E-state index contributed by atoms with van der Waals surface area (Å²) in [5.74, 6) is -0.233. The van der Waals surface area contributed by atoms with Crippen LogP contribution in [0.4, 0.5) is 10.1 Å². The van der Waals surface area contributed by atoms with Gasteiger partial charge < -0.3 is 9.47 Å². The van der Waals surface area contributed by atoms with E-state index in [-0.39, 0.29) is 18.2 Å². The van der Waals surface area contributed by atoms with Crippen LogP contribution in [0, 0.1) is 19.7 Å². The highest BCUT2D eigenvalue weighted by Gasteiger charge is 2.15. The van der Waals surface area contributed by atoms with Crippen molar-refractivity contribution in [3.05, 3.63) is 71.6 Å². The van der Waals surface area contributed by atoms with Crippen LogP contribution in [0.3, 0.4) is 0 Å². The van der Waals surface area contributed by atoms with E-state index in [9.17, 15) is 4.39 Å². The van der Waals surface area contributed by atoms with Gasteiger partial charge in [-0.05, 0) is 49.7 Å². The number of rotatable bonds is 4. The summed E-state index contributed by atoms with van der Waals surface area (Å²) in [6.07, 6.45) is 3.68. The van der Waals surface area contributed by atoms with E-state index in [0.29, 0.717) is 6.54 Å². The molecule has 0 radical (unpaired) electrons. The summed E-state index contributed by atoms with van der Waals surface area (Å²) in [5, 5.41) is 1.18. The normalized spacial score (nSPS) is 10.2. The molecule has 5 heteroatoms. The Kier molecular flexibility index (Phi) is 5.68. The second-order valence-corrected chi connectivity index (χ2v) is 5.90. The summed E-state index contributed by atoms with van der Waals surface area (Å²) in [4.78, 5) is 6.64. The number of benzene rings is 1. The number of hydrogen-bond donors (Lipinski definition) is 0. The number of fused-ring (bicyclic) bond motifs is 1. The molecule has 0 spiro atoms. The fourth-order valence-corrected chi connectivity index (χ4v) is 2.99. The minimum Gasteiger partial charge on any atom is -0.369 e. The highest BCUT2D eigenvalue weighted by atomic mass is 35.5. The summed E-state index contributed by atoms with van der Waals surface area (Å²) in [5.41, 5.74) is 8.21. The third-order valence-corrected chi connectivity index (χ3v) is 4.42. The lowest BCUT2D eigenvalue weighted by atomic mass is 10.1. The van der Waals surface area contributed by atoms with Crippen molar-refractivity contribution in [1.29, 1.82) is 0 Å². The van der Waals surface area contributed by atoms with E-state index in [4.69, 9.17) is 0 Å². The van der Waals surface area contributed by atoms with Crippen LogP contribution in [0.1, 0.15) is 17.0 Å². The lowest BCUT2D eigenvalue weighted by Gasteiger charge is -2.19. The number of anilines is 1. The lowest BCUT2D eigenvalue weighted by molar-refractivity contribution is 0.627. The molecule has 3 aromatic rings. The SMILES string of the molecule is C=C=Cn1c(C)c(C)c2ccnc(CN(C)c3ccc(F)cc3)c21.Cl. The number of nitrogens with zero attached hydrogens (tertiary/aromatic N) is 3. The van der Waals surface area contributed by atoms with Crippen molar-refractivity contribution in [2.24, 2.45) is 0 Å². The molecule has 0 bridgehead atoms. The van der Waals surface area contributed by atoms with E-state index < -0.39 is 0 Å². The van der Waals surface area contributed by atoms with Gasteiger partial charge in [-0.25, -0.2) is 4.39 Å². The summed E-state index contributed by atoms with van der Waals surface area (Å²) < 4.78 is 15.2. The highest BCUT2D eigenvalue weighted by Crippen LogP contribution is 2.28. The zero-order valence-electron chi connectivity index (χ0n) is 14.6. The number of aryl methyl sites for hydroxylation is 1. The molecular formula is C20H21ClFN3. The maximum atomic E-state index is 13.1. The monoisotopic (exact) mass is 357 g/mol. The standard InChI is InChI=1S/C20H20FN3.ClH/c1-5-12-24-15(3)14(2)18-10-11-22-19(20(18)24)13-23(4)17-8-6-16(21)7-9-17;/h6-12H,1,13H2,2-4H3;1H.